The highest BCUT2D eigenvalue weighted by molar-refractivity contribution is 5.99. The van der Waals surface area contributed by atoms with E-state index in [1.807, 2.05) is 19.9 Å². The lowest BCUT2D eigenvalue weighted by atomic mass is 10.1. The predicted molar refractivity (Wildman–Crippen MR) is 135 cm³/mol. The van der Waals surface area contributed by atoms with Gasteiger partial charge in [-0.1, -0.05) is 13.0 Å². The number of rotatable bonds is 8. The van der Waals surface area contributed by atoms with Crippen molar-refractivity contribution in [2.45, 2.75) is 45.8 Å². The highest BCUT2D eigenvalue weighted by Crippen LogP contribution is 2.27. The van der Waals surface area contributed by atoms with Crippen molar-refractivity contribution in [2.24, 2.45) is 0 Å². The number of aldehydes is 1. The molecule has 12 heteroatoms. The Balaban J connectivity index is 1.62. The number of halogens is 1. The number of carbonyl (C=O) groups excluding carboxylic acids is 3. The zero-order valence-corrected chi connectivity index (χ0v) is 20.7. The monoisotopic (exact) mass is 517 g/mol. The Bertz CT molecular complexity index is 1610. The van der Waals surface area contributed by atoms with Gasteiger partial charge in [0.05, 0.1) is 24.0 Å². The molecule has 11 nitrogen and oxygen atoms in total. The van der Waals surface area contributed by atoms with Crippen molar-refractivity contribution in [3.63, 3.8) is 0 Å². The van der Waals surface area contributed by atoms with Crippen molar-refractivity contribution in [1.29, 1.82) is 0 Å². The fourth-order valence-corrected chi connectivity index (χ4v) is 4.59. The van der Waals surface area contributed by atoms with E-state index in [1.54, 1.807) is 18.3 Å². The number of nitrogens with one attached hydrogen (secondary N) is 1. The van der Waals surface area contributed by atoms with Gasteiger partial charge < -0.3 is 19.6 Å². The lowest BCUT2D eigenvalue weighted by molar-refractivity contribution is -0.116. The molecular formula is C26H24FN7O4. The van der Waals surface area contributed by atoms with Crippen molar-refractivity contribution in [1.82, 2.24) is 29.0 Å². The molecule has 0 fully saturated rings. The minimum Gasteiger partial charge on any atom is -0.329 e. The molecule has 194 valence electrons. The third-order valence-electron chi connectivity index (χ3n) is 6.52. The van der Waals surface area contributed by atoms with E-state index in [9.17, 15) is 23.6 Å². The topological polar surface area (TPSA) is 132 Å². The quantitative estimate of drug-likeness (QED) is 0.355. The molecule has 1 aliphatic heterocycles. The van der Waals surface area contributed by atoms with Crippen molar-refractivity contribution >= 4 is 29.6 Å². The normalized spacial score (nSPS) is 13.6. The van der Waals surface area contributed by atoms with Gasteiger partial charge in [0.25, 0.3) is 11.5 Å². The van der Waals surface area contributed by atoms with E-state index in [0.29, 0.717) is 17.8 Å². The summed E-state index contributed by atoms with van der Waals surface area (Å²) in [6.45, 7) is 3.40. The average molecular weight is 518 g/mol. The third-order valence-corrected chi connectivity index (χ3v) is 6.52. The number of pyridine rings is 2. The van der Waals surface area contributed by atoms with Crippen molar-refractivity contribution in [2.75, 3.05) is 5.32 Å². The summed E-state index contributed by atoms with van der Waals surface area (Å²) >= 11 is 0. The van der Waals surface area contributed by atoms with Crippen LogP contribution in [0.2, 0.25) is 0 Å². The van der Waals surface area contributed by atoms with E-state index >= 15 is 0 Å². The first-order chi connectivity index (χ1) is 18.3. The van der Waals surface area contributed by atoms with Gasteiger partial charge in [-0.05, 0) is 37.1 Å². The molecule has 4 aromatic heterocycles. The molecule has 2 amide bonds. The minimum absolute atomic E-state index is 0.00556. The van der Waals surface area contributed by atoms with Crippen molar-refractivity contribution in [3.8, 4) is 11.4 Å². The fourth-order valence-electron chi connectivity index (χ4n) is 4.59. The number of amides is 2. The van der Waals surface area contributed by atoms with E-state index < -0.39 is 29.2 Å². The molecular weight excluding hydrogens is 493 g/mol. The molecule has 1 aliphatic rings. The van der Waals surface area contributed by atoms with Crippen LogP contribution in [0, 0.1) is 12.7 Å². The molecule has 1 atom stereocenters. The summed E-state index contributed by atoms with van der Waals surface area (Å²) in [6, 6.07) is 7.32. The van der Waals surface area contributed by atoms with Crippen LogP contribution in [0.5, 0.6) is 0 Å². The number of aryl methyl sites for hydroxylation is 1. The molecule has 38 heavy (non-hydrogen) atoms. The van der Waals surface area contributed by atoms with Crippen LogP contribution in [0.25, 0.3) is 17.0 Å². The first-order valence-corrected chi connectivity index (χ1v) is 12.0. The van der Waals surface area contributed by atoms with Gasteiger partial charge in [-0.15, -0.1) is 0 Å². The maximum atomic E-state index is 13.6. The van der Waals surface area contributed by atoms with E-state index in [0.717, 1.165) is 28.6 Å². The Kier molecular flexibility index (Phi) is 6.53. The maximum absolute atomic E-state index is 13.6. The summed E-state index contributed by atoms with van der Waals surface area (Å²) in [6.07, 6.45) is 4.04. The number of hydrogen-bond acceptors (Lipinski definition) is 7. The van der Waals surface area contributed by atoms with E-state index in [1.165, 1.54) is 15.5 Å². The first-order valence-electron chi connectivity index (χ1n) is 12.0. The summed E-state index contributed by atoms with van der Waals surface area (Å²) in [4.78, 5) is 61.1. The number of anilines is 1. The molecule has 0 aromatic carbocycles. The SMILES string of the molecule is CC[C@@H](CC=O)N1Cc2c(n(CC(=O)Nc3ccc(F)cn3)c3cc(-c4ccc(C)cn4)nn3c2=O)C1=O. The smallest absolute Gasteiger partial charge is 0.280 e. The first kappa shape index (κ1) is 24.9. The zero-order chi connectivity index (χ0) is 27.0. The van der Waals surface area contributed by atoms with Gasteiger partial charge in [0.2, 0.25) is 5.91 Å². The fraction of sp³-hybridized carbons (Fsp3) is 0.269. The molecule has 1 N–H and O–H groups in total. The summed E-state index contributed by atoms with van der Waals surface area (Å²) in [5, 5.41) is 7.04. The van der Waals surface area contributed by atoms with Gasteiger partial charge >= 0.3 is 0 Å². The average Bonchev–Trinajstić information content (AvgIpc) is 3.50. The van der Waals surface area contributed by atoms with Crippen LogP contribution in [0.15, 0.2) is 47.5 Å². The summed E-state index contributed by atoms with van der Waals surface area (Å²) in [5.74, 6) is -1.41. The molecule has 4 aromatic rings. The highest BCUT2D eigenvalue weighted by atomic mass is 19.1. The van der Waals surface area contributed by atoms with Crippen LogP contribution in [0.1, 0.15) is 41.4 Å². The number of nitrogens with zero attached hydrogens (tertiary/aromatic N) is 6. The Morgan fingerprint density at radius 1 is 1.16 bits per heavy atom. The molecule has 0 saturated heterocycles. The summed E-state index contributed by atoms with van der Waals surface area (Å²) < 4.78 is 15.8. The molecule has 0 radical (unpaired) electrons. The third kappa shape index (κ3) is 4.44. The van der Waals surface area contributed by atoms with E-state index in [2.05, 4.69) is 20.4 Å². The molecule has 0 saturated carbocycles. The van der Waals surface area contributed by atoms with Crippen molar-refractivity contribution < 1.29 is 18.8 Å². The Hall–Kier alpha value is -4.74. The van der Waals surface area contributed by atoms with Crippen LogP contribution in [0.3, 0.4) is 0 Å². The second-order valence-electron chi connectivity index (χ2n) is 9.05. The van der Waals surface area contributed by atoms with Crippen LogP contribution in [-0.4, -0.2) is 53.2 Å². The Labute approximate surface area is 215 Å². The minimum atomic E-state index is -0.550. The molecule has 0 aliphatic carbocycles. The number of carbonyl (C=O) groups is 3. The van der Waals surface area contributed by atoms with Crippen LogP contribution < -0.4 is 10.9 Å². The van der Waals surface area contributed by atoms with E-state index in [-0.39, 0.29) is 42.2 Å². The second-order valence-corrected chi connectivity index (χ2v) is 9.05. The predicted octanol–water partition coefficient (Wildman–Crippen LogP) is 2.36. The largest absolute Gasteiger partial charge is 0.329 e. The lowest BCUT2D eigenvalue weighted by Gasteiger charge is -2.24. The van der Waals surface area contributed by atoms with Gasteiger partial charge in [-0.3, -0.25) is 19.4 Å². The van der Waals surface area contributed by atoms with Crippen molar-refractivity contribution in [3.05, 3.63) is 75.7 Å². The number of aromatic nitrogens is 5. The van der Waals surface area contributed by atoms with Crippen LogP contribution in [-0.2, 0) is 22.7 Å². The maximum Gasteiger partial charge on any atom is 0.280 e. The Morgan fingerprint density at radius 2 is 1.97 bits per heavy atom. The van der Waals surface area contributed by atoms with Gasteiger partial charge in [0.15, 0.2) is 0 Å². The van der Waals surface area contributed by atoms with Gasteiger partial charge in [0.1, 0.15) is 41.5 Å². The van der Waals surface area contributed by atoms with Gasteiger partial charge in [0, 0.05) is 24.7 Å². The zero-order valence-electron chi connectivity index (χ0n) is 20.7. The van der Waals surface area contributed by atoms with Crippen LogP contribution in [0.4, 0.5) is 10.2 Å². The van der Waals surface area contributed by atoms with Gasteiger partial charge in [-0.2, -0.15) is 9.61 Å². The standard InChI is InChI=1S/C26H24FN7O4/c1-3-17(8-9-35)32-13-18-24(26(32)38)33(14-22(36)30-21-7-5-16(27)12-29-21)23-10-20(31-34(23)25(18)37)19-6-4-15(2)11-28-19/h4-7,9-12,17H,3,8,13-14H2,1-2H3,(H,29,30,36)/t17-/m0/s1. The van der Waals surface area contributed by atoms with E-state index in [4.69, 9.17) is 0 Å². The number of fused-ring (bicyclic) bond motifs is 2. The number of hydrogen-bond donors (Lipinski definition) is 1. The molecule has 0 unspecified atom stereocenters. The summed E-state index contributed by atoms with van der Waals surface area (Å²) in [7, 11) is 0. The lowest BCUT2D eigenvalue weighted by Crippen LogP contribution is -2.36. The highest BCUT2D eigenvalue weighted by Gasteiger charge is 2.38. The molecule has 0 spiro atoms. The summed E-state index contributed by atoms with van der Waals surface area (Å²) in [5.41, 5.74) is 1.87. The second kappa shape index (κ2) is 9.96. The molecule has 5 heterocycles. The molecule has 0 bridgehead atoms. The Morgan fingerprint density at radius 3 is 2.63 bits per heavy atom. The van der Waals surface area contributed by atoms with Gasteiger partial charge in [-0.25, -0.2) is 9.37 Å². The molecule has 5 rings (SSSR count). The van der Waals surface area contributed by atoms with Crippen LogP contribution >= 0.6 is 0 Å².